The number of piperazine rings is 1. The molecule has 8 nitrogen and oxygen atoms in total. The Hall–Kier alpha value is -4.27. The van der Waals surface area contributed by atoms with Gasteiger partial charge in [0, 0.05) is 55.9 Å². The third kappa shape index (κ3) is 5.28. The Morgan fingerprint density at radius 1 is 0.878 bits per heavy atom. The largest absolute Gasteiger partial charge is 0.369 e. The number of nitrogens with zero attached hydrogens (tertiary/aromatic N) is 5. The average Bonchev–Trinajstić information content (AvgIpc) is 3.28. The molecule has 1 saturated heterocycles. The van der Waals surface area contributed by atoms with E-state index in [4.69, 9.17) is 31.4 Å². The van der Waals surface area contributed by atoms with Gasteiger partial charge in [0.25, 0.3) is 11.7 Å². The molecule has 1 aliphatic heterocycles. The van der Waals surface area contributed by atoms with Crippen LogP contribution in [0.5, 0.6) is 0 Å². The number of hydrogen-bond donors (Lipinski definition) is 1. The Balaban J connectivity index is 1.38. The Labute approximate surface area is 243 Å². The molecule has 1 amide bonds. The van der Waals surface area contributed by atoms with Gasteiger partial charge in [0.1, 0.15) is 37.1 Å². The van der Waals surface area contributed by atoms with Gasteiger partial charge in [-0.05, 0) is 18.6 Å². The molecule has 5 rings (SSSR count). The number of aromatic nitrogens is 3. The quantitative estimate of drug-likeness (QED) is 0.198. The summed E-state index contributed by atoms with van der Waals surface area (Å²) in [5.74, 6) is -1.79. The molecule has 13 heteroatoms. The van der Waals surface area contributed by atoms with Gasteiger partial charge in [-0.3, -0.25) is 9.59 Å². The Morgan fingerprint density at radius 3 is 2.02 bits per heavy atom. The van der Waals surface area contributed by atoms with Crippen molar-refractivity contribution in [2.45, 2.75) is 6.92 Å². The van der Waals surface area contributed by atoms with Crippen molar-refractivity contribution in [2.75, 3.05) is 41.3 Å². The maximum atomic E-state index is 13.4. The van der Waals surface area contributed by atoms with Gasteiger partial charge in [-0.25, -0.2) is 14.4 Å². The van der Waals surface area contributed by atoms with Crippen LogP contribution < -0.4 is 37.0 Å². The van der Waals surface area contributed by atoms with Gasteiger partial charge >= 0.3 is 0 Å². The first-order chi connectivity index (χ1) is 19.6. The third-order valence-electron chi connectivity index (χ3n) is 7.33. The van der Waals surface area contributed by atoms with Crippen molar-refractivity contribution in [3.8, 4) is 11.1 Å². The fourth-order valence-corrected chi connectivity index (χ4v) is 5.01. The first-order valence-corrected chi connectivity index (χ1v) is 12.9. The van der Waals surface area contributed by atoms with Crippen LogP contribution in [0.3, 0.4) is 0 Å². The van der Waals surface area contributed by atoms with Crippen LogP contribution in [0.2, 0.25) is 0 Å². The first-order valence-electron chi connectivity index (χ1n) is 12.9. The summed E-state index contributed by atoms with van der Waals surface area (Å²) >= 11 is 0. The van der Waals surface area contributed by atoms with E-state index in [-0.39, 0.29) is 33.2 Å². The van der Waals surface area contributed by atoms with Gasteiger partial charge in [-0.15, -0.1) is 0 Å². The standard InChI is InChI=1S/C28H23B4FN6O2/c1-15-12-18(16-6-4-3-5-7-16)24(37(15)2)26(40)27(41)36-23-19(29)21(31)25(22(32)20(23)30)38-8-10-39(11-9-38)28-34-13-17(33)14-35-28/h3-7,12-14H,8-11H2,1-2H3,(H,36,41). The second kappa shape index (κ2) is 11.3. The summed E-state index contributed by atoms with van der Waals surface area (Å²) < 4.78 is 14.9. The number of halogens is 1. The monoisotopic (exact) mass is 538 g/mol. The number of carbonyl (C=O) groups is 2. The fraction of sp³-hybridized carbons (Fsp3) is 0.214. The molecule has 0 bridgehead atoms. The van der Waals surface area contributed by atoms with E-state index in [0.717, 1.165) is 23.7 Å². The molecule has 0 aliphatic carbocycles. The van der Waals surface area contributed by atoms with Crippen molar-refractivity contribution >= 4 is 82.2 Å². The summed E-state index contributed by atoms with van der Waals surface area (Å²) in [7, 11) is 27.2. The van der Waals surface area contributed by atoms with E-state index in [1.54, 1.807) is 11.6 Å². The second-order valence-corrected chi connectivity index (χ2v) is 9.81. The lowest BCUT2D eigenvalue weighted by Crippen LogP contribution is -2.54. The zero-order chi connectivity index (χ0) is 29.4. The van der Waals surface area contributed by atoms with Gasteiger partial charge in [-0.1, -0.05) is 52.2 Å². The van der Waals surface area contributed by atoms with Crippen LogP contribution in [0.25, 0.3) is 11.1 Å². The van der Waals surface area contributed by atoms with Crippen LogP contribution in [-0.2, 0) is 11.8 Å². The van der Waals surface area contributed by atoms with Gasteiger partial charge in [-0.2, -0.15) is 0 Å². The molecule has 1 N–H and O–H groups in total. The predicted molar refractivity (Wildman–Crippen MR) is 163 cm³/mol. The lowest BCUT2D eigenvalue weighted by Gasteiger charge is -2.39. The molecule has 1 fully saturated rings. The molecule has 4 aromatic rings. The molecule has 41 heavy (non-hydrogen) atoms. The Bertz CT molecular complexity index is 1610. The number of nitrogens with one attached hydrogen (secondary N) is 1. The minimum absolute atomic E-state index is 0.00323. The van der Waals surface area contributed by atoms with E-state index in [9.17, 15) is 14.0 Å². The van der Waals surface area contributed by atoms with Gasteiger partial charge < -0.3 is 19.7 Å². The Morgan fingerprint density at radius 2 is 1.44 bits per heavy atom. The number of benzene rings is 2. The van der Waals surface area contributed by atoms with Crippen LogP contribution in [0.4, 0.5) is 21.7 Å². The van der Waals surface area contributed by atoms with Crippen LogP contribution in [0, 0.1) is 12.7 Å². The molecule has 0 unspecified atom stereocenters. The van der Waals surface area contributed by atoms with Gasteiger partial charge in [0.2, 0.25) is 5.95 Å². The maximum absolute atomic E-state index is 13.4. The van der Waals surface area contributed by atoms with Crippen molar-refractivity contribution < 1.29 is 14.0 Å². The topological polar surface area (TPSA) is 83.4 Å². The van der Waals surface area contributed by atoms with Crippen molar-refractivity contribution in [2.24, 2.45) is 7.05 Å². The number of amides is 1. The second-order valence-electron chi connectivity index (χ2n) is 9.81. The molecular weight excluding hydrogens is 515 g/mol. The smallest absolute Gasteiger partial charge is 0.298 e. The molecule has 8 radical (unpaired) electrons. The highest BCUT2D eigenvalue weighted by Crippen LogP contribution is 2.27. The predicted octanol–water partition coefficient (Wildman–Crippen LogP) is -0.747. The maximum Gasteiger partial charge on any atom is 0.298 e. The lowest BCUT2D eigenvalue weighted by atomic mass is 9.67. The number of rotatable bonds is 6. The highest BCUT2D eigenvalue weighted by molar-refractivity contribution is 6.63. The number of ketones is 1. The van der Waals surface area contributed by atoms with Crippen molar-refractivity contribution in [3.05, 3.63) is 66.0 Å². The summed E-state index contributed by atoms with van der Waals surface area (Å²) in [5.41, 5.74) is 3.15. The highest BCUT2D eigenvalue weighted by atomic mass is 19.1. The number of hydrogen-bond acceptors (Lipinski definition) is 6. The molecule has 2 aromatic heterocycles. The van der Waals surface area contributed by atoms with E-state index in [2.05, 4.69) is 15.3 Å². The van der Waals surface area contributed by atoms with E-state index in [1.807, 2.05) is 53.1 Å². The Kier molecular flexibility index (Phi) is 7.80. The van der Waals surface area contributed by atoms with E-state index < -0.39 is 17.5 Å². The summed E-state index contributed by atoms with van der Waals surface area (Å²) in [4.78, 5) is 38.6. The van der Waals surface area contributed by atoms with Crippen LogP contribution in [-0.4, -0.2) is 83.8 Å². The van der Waals surface area contributed by atoms with Gasteiger partial charge in [0.15, 0.2) is 5.82 Å². The van der Waals surface area contributed by atoms with Crippen LogP contribution in [0.1, 0.15) is 16.2 Å². The van der Waals surface area contributed by atoms with Crippen molar-refractivity contribution in [1.82, 2.24) is 14.5 Å². The average molecular weight is 538 g/mol. The normalized spacial score (nSPS) is 13.3. The molecule has 0 spiro atoms. The highest BCUT2D eigenvalue weighted by Gasteiger charge is 2.28. The van der Waals surface area contributed by atoms with Gasteiger partial charge in [0.05, 0.1) is 12.4 Å². The molecule has 196 valence electrons. The number of Topliss-reactive ketones (excluding diaryl/α,β-unsaturated/α-hetero) is 1. The SMILES string of the molecule is [B]c1c([B])c(N2CCN(c3ncc(F)cn3)CC2)c([B])c([B])c1NC(=O)C(=O)c1c(-c2ccccc2)cc(C)n1C. The summed E-state index contributed by atoms with van der Waals surface area (Å²) in [6.07, 6.45) is 2.23. The number of aryl methyl sites for hydroxylation is 1. The van der Waals surface area contributed by atoms with Crippen LogP contribution >= 0.6 is 0 Å². The summed E-state index contributed by atoms with van der Waals surface area (Å²) in [5, 5.41) is 2.55. The molecule has 0 atom stereocenters. The summed E-state index contributed by atoms with van der Waals surface area (Å²) in [6, 6.07) is 11.2. The molecule has 3 heterocycles. The van der Waals surface area contributed by atoms with Crippen LogP contribution in [0.15, 0.2) is 48.8 Å². The zero-order valence-electron chi connectivity index (χ0n) is 22.7. The molecule has 2 aromatic carbocycles. The zero-order valence-corrected chi connectivity index (χ0v) is 22.7. The molecular formula is C28H23B4FN6O2. The van der Waals surface area contributed by atoms with E-state index in [0.29, 0.717) is 43.4 Å². The lowest BCUT2D eigenvalue weighted by molar-refractivity contribution is -0.112. The number of carbonyl (C=O) groups excluding carboxylic acids is 2. The first kappa shape index (κ1) is 28.3. The minimum Gasteiger partial charge on any atom is -0.369 e. The van der Waals surface area contributed by atoms with Crippen molar-refractivity contribution in [1.29, 1.82) is 0 Å². The van der Waals surface area contributed by atoms with E-state index in [1.165, 1.54) is 0 Å². The third-order valence-corrected chi connectivity index (χ3v) is 7.33. The van der Waals surface area contributed by atoms with E-state index >= 15 is 0 Å². The summed E-state index contributed by atoms with van der Waals surface area (Å²) in [6.45, 7) is 3.83. The minimum atomic E-state index is -0.929. The number of anilines is 3. The molecule has 1 aliphatic rings. The molecule has 0 saturated carbocycles. The fourth-order valence-electron chi connectivity index (χ4n) is 5.01. The van der Waals surface area contributed by atoms with Crippen molar-refractivity contribution in [3.63, 3.8) is 0 Å².